The van der Waals surface area contributed by atoms with E-state index < -0.39 is 5.54 Å². The van der Waals surface area contributed by atoms with E-state index in [1.54, 1.807) is 31.3 Å². The van der Waals surface area contributed by atoms with Gasteiger partial charge in [-0.25, -0.2) is 4.68 Å². The van der Waals surface area contributed by atoms with Gasteiger partial charge in [0.2, 0.25) is 5.91 Å². The Balaban J connectivity index is 1.53. The predicted octanol–water partition coefficient (Wildman–Crippen LogP) is 3.06. The quantitative estimate of drug-likeness (QED) is 0.666. The Hall–Kier alpha value is -2.93. The van der Waals surface area contributed by atoms with Gasteiger partial charge in [-0.3, -0.25) is 9.59 Å². The molecule has 0 bridgehead atoms. The summed E-state index contributed by atoms with van der Waals surface area (Å²) in [5.74, 6) is -0.0804. The number of para-hydroxylation sites is 1. The minimum atomic E-state index is -1.06. The fourth-order valence-electron chi connectivity index (χ4n) is 3.65. The summed E-state index contributed by atoms with van der Waals surface area (Å²) in [6.07, 6.45) is 0. The van der Waals surface area contributed by atoms with Gasteiger partial charge in [0.05, 0.1) is 4.88 Å². The molecule has 0 N–H and O–H groups in total. The van der Waals surface area contributed by atoms with E-state index in [1.165, 1.54) is 16.4 Å². The van der Waals surface area contributed by atoms with Crippen LogP contribution in [0.15, 0.2) is 64.8 Å². The lowest BCUT2D eigenvalue weighted by atomic mass is 10.0. The van der Waals surface area contributed by atoms with Crippen molar-refractivity contribution in [3.05, 3.63) is 70.3 Å². The van der Waals surface area contributed by atoms with E-state index in [0.29, 0.717) is 18.8 Å². The van der Waals surface area contributed by atoms with Crippen LogP contribution in [-0.2, 0) is 10.3 Å². The predicted molar refractivity (Wildman–Crippen MR) is 116 cm³/mol. The van der Waals surface area contributed by atoms with Crippen molar-refractivity contribution in [1.29, 1.82) is 0 Å². The summed E-state index contributed by atoms with van der Waals surface area (Å²) < 4.78 is 1.33. The Morgan fingerprint density at radius 3 is 2.34 bits per heavy atom. The molecule has 1 aromatic carbocycles. The summed E-state index contributed by atoms with van der Waals surface area (Å²) in [5.41, 5.74) is 0.542. The highest BCUT2D eigenvalue weighted by Crippen LogP contribution is 2.24. The Bertz CT molecular complexity index is 1040. The fraction of sp³-hybridized carbons (Fsp3) is 0.318. The second kappa shape index (κ2) is 7.83. The van der Waals surface area contributed by atoms with Crippen molar-refractivity contribution in [3.63, 3.8) is 0 Å². The van der Waals surface area contributed by atoms with Crippen molar-refractivity contribution in [2.75, 3.05) is 31.1 Å². The maximum atomic E-state index is 13.3. The number of piperazine rings is 1. The average molecular weight is 409 g/mol. The molecule has 0 aliphatic carbocycles. The molecule has 1 fully saturated rings. The van der Waals surface area contributed by atoms with Gasteiger partial charge in [-0.1, -0.05) is 24.3 Å². The molecule has 2 aromatic heterocycles. The highest BCUT2D eigenvalue weighted by molar-refractivity contribution is 7.13. The molecule has 1 aliphatic heterocycles. The molecule has 29 heavy (non-hydrogen) atoms. The zero-order valence-electron chi connectivity index (χ0n) is 16.6. The first-order chi connectivity index (χ1) is 14.0. The second-order valence-corrected chi connectivity index (χ2v) is 8.57. The van der Waals surface area contributed by atoms with Crippen molar-refractivity contribution < 1.29 is 4.79 Å². The lowest BCUT2D eigenvalue weighted by Crippen LogP contribution is -2.56. The molecule has 1 amide bonds. The third kappa shape index (κ3) is 3.82. The number of thiophene rings is 1. The van der Waals surface area contributed by atoms with Crippen LogP contribution in [-0.4, -0.2) is 46.8 Å². The molecule has 0 unspecified atom stereocenters. The smallest absolute Gasteiger partial charge is 0.267 e. The molecule has 1 saturated heterocycles. The number of amides is 1. The summed E-state index contributed by atoms with van der Waals surface area (Å²) >= 11 is 1.56. The van der Waals surface area contributed by atoms with Gasteiger partial charge < -0.3 is 9.80 Å². The van der Waals surface area contributed by atoms with Gasteiger partial charge >= 0.3 is 0 Å². The number of hydrogen-bond acceptors (Lipinski definition) is 5. The zero-order valence-corrected chi connectivity index (χ0v) is 17.4. The lowest BCUT2D eigenvalue weighted by Gasteiger charge is -2.39. The maximum absolute atomic E-state index is 13.3. The summed E-state index contributed by atoms with van der Waals surface area (Å²) in [4.78, 5) is 30.9. The van der Waals surface area contributed by atoms with Crippen LogP contribution in [0.2, 0.25) is 0 Å². The second-order valence-electron chi connectivity index (χ2n) is 7.62. The third-order valence-electron chi connectivity index (χ3n) is 5.32. The number of carbonyl (C=O) groups is 1. The van der Waals surface area contributed by atoms with E-state index in [0.717, 1.165) is 18.0 Å². The van der Waals surface area contributed by atoms with E-state index in [9.17, 15) is 9.59 Å². The largest absolute Gasteiger partial charge is 0.368 e. The van der Waals surface area contributed by atoms with Crippen LogP contribution in [0.5, 0.6) is 0 Å². The van der Waals surface area contributed by atoms with Crippen molar-refractivity contribution in [2.24, 2.45) is 0 Å². The fourth-order valence-corrected chi connectivity index (χ4v) is 4.34. The molecular weight excluding hydrogens is 384 g/mol. The lowest BCUT2D eigenvalue weighted by molar-refractivity contribution is -0.140. The molecule has 0 spiro atoms. The van der Waals surface area contributed by atoms with Crippen molar-refractivity contribution in [3.8, 4) is 10.6 Å². The average Bonchev–Trinajstić information content (AvgIpc) is 3.29. The van der Waals surface area contributed by atoms with Crippen molar-refractivity contribution >= 4 is 22.9 Å². The first-order valence-electron chi connectivity index (χ1n) is 9.71. The van der Waals surface area contributed by atoms with Gasteiger partial charge in [-0.2, -0.15) is 5.10 Å². The molecule has 150 valence electrons. The number of hydrogen-bond donors (Lipinski definition) is 0. The monoisotopic (exact) mass is 408 g/mol. The Kier molecular flexibility index (Phi) is 5.24. The van der Waals surface area contributed by atoms with Crippen molar-refractivity contribution in [2.45, 2.75) is 19.4 Å². The Morgan fingerprint density at radius 1 is 0.966 bits per heavy atom. The summed E-state index contributed by atoms with van der Waals surface area (Å²) in [6.45, 7) is 6.32. The van der Waals surface area contributed by atoms with Crippen molar-refractivity contribution in [1.82, 2.24) is 14.7 Å². The van der Waals surface area contributed by atoms with Gasteiger partial charge in [-0.15, -0.1) is 11.3 Å². The van der Waals surface area contributed by atoms with E-state index in [2.05, 4.69) is 22.1 Å². The molecule has 7 heteroatoms. The summed E-state index contributed by atoms with van der Waals surface area (Å²) in [7, 11) is 0. The minimum absolute atomic E-state index is 0.0804. The molecule has 6 nitrogen and oxygen atoms in total. The van der Waals surface area contributed by atoms with Crippen LogP contribution < -0.4 is 10.5 Å². The molecule has 1 aliphatic rings. The Labute approximate surface area is 174 Å². The molecule has 3 aromatic rings. The van der Waals surface area contributed by atoms with E-state index in [4.69, 9.17) is 0 Å². The van der Waals surface area contributed by atoms with Crippen LogP contribution in [0.4, 0.5) is 5.69 Å². The highest BCUT2D eigenvalue weighted by atomic mass is 32.1. The van der Waals surface area contributed by atoms with Gasteiger partial charge in [0.25, 0.3) is 5.56 Å². The number of anilines is 1. The minimum Gasteiger partial charge on any atom is -0.368 e. The third-order valence-corrected chi connectivity index (χ3v) is 6.21. The first kappa shape index (κ1) is 19.4. The van der Waals surface area contributed by atoms with Crippen LogP contribution in [0.1, 0.15) is 13.8 Å². The summed E-state index contributed by atoms with van der Waals surface area (Å²) in [5, 5.41) is 6.49. The molecule has 0 saturated carbocycles. The molecule has 3 heterocycles. The summed E-state index contributed by atoms with van der Waals surface area (Å²) in [6, 6.07) is 17.3. The van der Waals surface area contributed by atoms with Crippen LogP contribution in [0.3, 0.4) is 0 Å². The van der Waals surface area contributed by atoms with Gasteiger partial charge in [0.15, 0.2) is 0 Å². The number of rotatable bonds is 4. The number of aromatic nitrogens is 2. The van der Waals surface area contributed by atoms with Gasteiger partial charge in [-0.05, 0) is 43.5 Å². The van der Waals surface area contributed by atoms with Gasteiger partial charge in [0.1, 0.15) is 11.2 Å². The van der Waals surface area contributed by atoms with E-state index >= 15 is 0 Å². The SMILES string of the molecule is CC(C)(C(=O)N1CCN(c2ccccc2)CC1)n1nc(-c2cccs2)ccc1=O. The van der Waals surface area contributed by atoms with Crippen LogP contribution in [0, 0.1) is 0 Å². The van der Waals surface area contributed by atoms with Gasteiger partial charge in [0, 0.05) is 37.9 Å². The normalized spacial score (nSPS) is 14.8. The molecule has 0 radical (unpaired) electrons. The van der Waals surface area contributed by atoms with Crippen LogP contribution in [0.25, 0.3) is 10.6 Å². The molecular formula is C22H24N4O2S. The topological polar surface area (TPSA) is 58.4 Å². The highest BCUT2D eigenvalue weighted by Gasteiger charge is 2.37. The first-order valence-corrected chi connectivity index (χ1v) is 10.6. The standard InChI is InChI=1S/C22H24N4O2S/c1-22(2,26-20(27)11-10-18(23-26)19-9-6-16-29-19)21(28)25-14-12-24(13-15-25)17-7-4-3-5-8-17/h3-11,16H,12-15H2,1-2H3. The van der Waals surface area contributed by atoms with E-state index in [-0.39, 0.29) is 11.5 Å². The Morgan fingerprint density at radius 2 is 1.69 bits per heavy atom. The maximum Gasteiger partial charge on any atom is 0.267 e. The number of benzene rings is 1. The van der Waals surface area contributed by atoms with E-state index in [1.807, 2.05) is 40.6 Å². The molecule has 4 rings (SSSR count). The number of nitrogens with zero attached hydrogens (tertiary/aromatic N) is 4. The molecule has 0 atom stereocenters. The zero-order chi connectivity index (χ0) is 20.4. The number of carbonyl (C=O) groups excluding carboxylic acids is 1. The van der Waals surface area contributed by atoms with Crippen LogP contribution >= 0.6 is 11.3 Å².